The summed E-state index contributed by atoms with van der Waals surface area (Å²) in [7, 11) is 0. The van der Waals surface area contributed by atoms with Gasteiger partial charge in [0.25, 0.3) is 0 Å². The normalized spacial score (nSPS) is 17.1. The monoisotopic (exact) mass is 241 g/mol. The molecule has 2 N–H and O–H groups in total. The van der Waals surface area contributed by atoms with Gasteiger partial charge in [-0.1, -0.05) is 12.1 Å². The number of benzene rings is 1. The lowest BCUT2D eigenvalue weighted by atomic mass is 10.1. The lowest BCUT2D eigenvalue weighted by Crippen LogP contribution is -2.39. The first-order valence-corrected chi connectivity index (χ1v) is 6.69. The fourth-order valence-electron chi connectivity index (χ4n) is 2.52. The molecule has 3 nitrogen and oxygen atoms in total. The van der Waals surface area contributed by atoms with Crippen LogP contribution >= 0.6 is 0 Å². The second kappa shape index (κ2) is 5.46. The van der Waals surface area contributed by atoms with Crippen LogP contribution in [0.2, 0.25) is 0 Å². The van der Waals surface area contributed by atoms with Gasteiger partial charge in [-0.2, -0.15) is 0 Å². The lowest BCUT2D eigenvalue weighted by molar-refractivity contribution is 0.386. The summed E-state index contributed by atoms with van der Waals surface area (Å²) in [5, 5.41) is 8.26. The highest BCUT2D eigenvalue weighted by Gasteiger charge is 2.11. The molecule has 0 amide bonds. The Morgan fingerprint density at radius 2 is 2.11 bits per heavy atom. The van der Waals surface area contributed by atoms with Gasteiger partial charge in [0.2, 0.25) is 0 Å². The highest BCUT2D eigenvalue weighted by molar-refractivity contribution is 5.78. The zero-order valence-corrected chi connectivity index (χ0v) is 10.5. The van der Waals surface area contributed by atoms with E-state index < -0.39 is 0 Å². The first-order valence-electron chi connectivity index (χ1n) is 6.69. The maximum Gasteiger partial charge on any atom is 0.0702 e. The molecule has 0 aliphatic carbocycles. The average Bonchev–Trinajstić information content (AvgIpc) is 2.46. The zero-order valence-electron chi connectivity index (χ0n) is 10.5. The highest BCUT2D eigenvalue weighted by Crippen LogP contribution is 2.13. The number of piperidine rings is 1. The summed E-state index contributed by atoms with van der Waals surface area (Å²) in [6.45, 7) is 3.23. The molecule has 0 saturated carbocycles. The molecule has 1 aliphatic rings. The molecule has 1 aromatic carbocycles. The van der Waals surface area contributed by atoms with E-state index in [0.717, 1.165) is 25.2 Å². The van der Waals surface area contributed by atoms with Crippen molar-refractivity contribution in [3.63, 3.8) is 0 Å². The van der Waals surface area contributed by atoms with Gasteiger partial charge in [0, 0.05) is 24.2 Å². The van der Waals surface area contributed by atoms with Crippen molar-refractivity contribution in [3.8, 4) is 0 Å². The van der Waals surface area contributed by atoms with Gasteiger partial charge in [0.1, 0.15) is 0 Å². The van der Waals surface area contributed by atoms with Crippen molar-refractivity contribution < 1.29 is 0 Å². The summed E-state index contributed by atoms with van der Waals surface area (Å²) < 4.78 is 0. The maximum absolute atomic E-state index is 4.34. The summed E-state index contributed by atoms with van der Waals surface area (Å²) in [5.41, 5.74) is 2.41. The van der Waals surface area contributed by atoms with Gasteiger partial charge in [-0.25, -0.2) is 0 Å². The predicted molar refractivity (Wildman–Crippen MR) is 74.5 cm³/mol. The third-order valence-electron chi connectivity index (χ3n) is 3.60. The number of hydrogen-bond donors (Lipinski definition) is 2. The number of nitrogens with zero attached hydrogens (tertiary/aromatic N) is 1. The molecule has 0 unspecified atom stereocenters. The molecular weight excluding hydrogens is 222 g/mol. The first-order chi connectivity index (χ1) is 8.92. The van der Waals surface area contributed by atoms with Crippen LogP contribution in [0, 0.1) is 0 Å². The zero-order chi connectivity index (χ0) is 12.2. The summed E-state index contributed by atoms with van der Waals surface area (Å²) in [6, 6.07) is 11.3. The van der Waals surface area contributed by atoms with E-state index in [4.69, 9.17) is 0 Å². The molecule has 1 aliphatic heterocycles. The largest absolute Gasteiger partial charge is 0.317 e. The maximum atomic E-state index is 4.34. The van der Waals surface area contributed by atoms with Gasteiger partial charge < -0.3 is 10.6 Å². The molecule has 1 saturated heterocycles. The van der Waals surface area contributed by atoms with E-state index in [9.17, 15) is 0 Å². The van der Waals surface area contributed by atoms with E-state index in [1.807, 2.05) is 12.3 Å². The van der Waals surface area contributed by atoms with Gasteiger partial charge in [-0.05, 0) is 49.7 Å². The molecule has 2 aromatic rings. The average molecular weight is 241 g/mol. The van der Waals surface area contributed by atoms with Crippen molar-refractivity contribution in [1.82, 2.24) is 15.6 Å². The minimum absolute atomic E-state index is 0.663. The van der Waals surface area contributed by atoms with Crippen LogP contribution in [0.5, 0.6) is 0 Å². The Labute approximate surface area is 108 Å². The molecule has 0 radical (unpaired) electrons. The van der Waals surface area contributed by atoms with Crippen LogP contribution in [0.1, 0.15) is 18.4 Å². The Morgan fingerprint density at radius 1 is 1.22 bits per heavy atom. The minimum Gasteiger partial charge on any atom is -0.317 e. The standard InChI is InChI=1S/C15H19N3/c1-2-13-10-12(3-4-15(13)17-7-1)11-18-14-5-8-16-9-6-14/h1-4,7,10,14,16,18H,5-6,8-9,11H2. The molecule has 2 heterocycles. The molecule has 1 aromatic heterocycles. The van der Waals surface area contributed by atoms with Crippen LogP contribution in [0.25, 0.3) is 10.9 Å². The smallest absolute Gasteiger partial charge is 0.0702 e. The summed E-state index contributed by atoms with van der Waals surface area (Å²) in [5.74, 6) is 0. The van der Waals surface area contributed by atoms with Gasteiger partial charge in [-0.3, -0.25) is 4.98 Å². The van der Waals surface area contributed by atoms with E-state index in [1.54, 1.807) is 0 Å². The number of aromatic nitrogens is 1. The number of pyridine rings is 1. The lowest BCUT2D eigenvalue weighted by Gasteiger charge is -2.23. The van der Waals surface area contributed by atoms with Crippen LogP contribution < -0.4 is 10.6 Å². The third kappa shape index (κ3) is 2.68. The third-order valence-corrected chi connectivity index (χ3v) is 3.60. The molecular formula is C15H19N3. The summed E-state index contributed by atoms with van der Waals surface area (Å²) >= 11 is 0. The minimum atomic E-state index is 0.663. The molecule has 0 spiro atoms. The van der Waals surface area contributed by atoms with Gasteiger partial charge in [0.05, 0.1) is 5.52 Å². The highest BCUT2D eigenvalue weighted by atomic mass is 15.0. The van der Waals surface area contributed by atoms with Crippen molar-refractivity contribution in [1.29, 1.82) is 0 Å². The SMILES string of the molecule is c1cnc2ccc(CNC3CCNCC3)cc2c1. The van der Waals surface area contributed by atoms with Gasteiger partial charge >= 0.3 is 0 Å². The van der Waals surface area contributed by atoms with Crippen LogP contribution in [-0.2, 0) is 6.54 Å². The van der Waals surface area contributed by atoms with Crippen LogP contribution in [0.4, 0.5) is 0 Å². The molecule has 1 fully saturated rings. The second-order valence-electron chi connectivity index (χ2n) is 4.94. The molecule has 0 bridgehead atoms. The van der Waals surface area contributed by atoms with E-state index in [2.05, 4.69) is 39.9 Å². The Bertz CT molecular complexity index is 518. The number of rotatable bonds is 3. The molecule has 94 valence electrons. The number of hydrogen-bond acceptors (Lipinski definition) is 3. The van der Waals surface area contributed by atoms with Crippen LogP contribution in [-0.4, -0.2) is 24.1 Å². The Balaban J connectivity index is 1.66. The van der Waals surface area contributed by atoms with Crippen molar-refractivity contribution in [3.05, 3.63) is 42.1 Å². The molecule has 0 atom stereocenters. The number of fused-ring (bicyclic) bond motifs is 1. The fraction of sp³-hybridized carbons (Fsp3) is 0.400. The van der Waals surface area contributed by atoms with Crippen molar-refractivity contribution in [2.75, 3.05) is 13.1 Å². The van der Waals surface area contributed by atoms with Crippen molar-refractivity contribution in [2.24, 2.45) is 0 Å². The number of nitrogens with one attached hydrogen (secondary N) is 2. The van der Waals surface area contributed by atoms with Crippen molar-refractivity contribution >= 4 is 10.9 Å². The molecule has 18 heavy (non-hydrogen) atoms. The van der Waals surface area contributed by atoms with E-state index in [1.165, 1.54) is 23.8 Å². The summed E-state index contributed by atoms with van der Waals surface area (Å²) in [4.78, 5) is 4.34. The molecule has 3 heteroatoms. The Hall–Kier alpha value is -1.45. The first kappa shape index (κ1) is 11.6. The van der Waals surface area contributed by atoms with E-state index in [-0.39, 0.29) is 0 Å². The predicted octanol–water partition coefficient (Wildman–Crippen LogP) is 2.08. The Kier molecular flexibility index (Phi) is 3.53. The summed E-state index contributed by atoms with van der Waals surface area (Å²) in [6.07, 6.45) is 4.31. The van der Waals surface area contributed by atoms with Crippen LogP contribution in [0.15, 0.2) is 36.5 Å². The van der Waals surface area contributed by atoms with E-state index >= 15 is 0 Å². The topological polar surface area (TPSA) is 37.0 Å². The van der Waals surface area contributed by atoms with Gasteiger partial charge in [0.15, 0.2) is 0 Å². The van der Waals surface area contributed by atoms with Gasteiger partial charge in [-0.15, -0.1) is 0 Å². The van der Waals surface area contributed by atoms with Crippen molar-refractivity contribution in [2.45, 2.75) is 25.4 Å². The quantitative estimate of drug-likeness (QED) is 0.864. The second-order valence-corrected chi connectivity index (χ2v) is 4.94. The Morgan fingerprint density at radius 3 is 3.00 bits per heavy atom. The van der Waals surface area contributed by atoms with E-state index in [0.29, 0.717) is 6.04 Å². The van der Waals surface area contributed by atoms with Crippen LogP contribution in [0.3, 0.4) is 0 Å². The molecule has 3 rings (SSSR count). The fourth-order valence-corrected chi connectivity index (χ4v) is 2.52.